The number of carbonyl (C=O) groups is 1. The maximum Gasteiger partial charge on any atom is 0.158 e. The van der Waals surface area contributed by atoms with Crippen LogP contribution < -0.4 is 0 Å². The van der Waals surface area contributed by atoms with Crippen LogP contribution in [0.2, 0.25) is 0 Å². The fourth-order valence-electron chi connectivity index (χ4n) is 1.51. The van der Waals surface area contributed by atoms with E-state index in [0.29, 0.717) is 0 Å². The molecule has 0 saturated carbocycles. The van der Waals surface area contributed by atoms with Crippen molar-refractivity contribution in [1.29, 1.82) is 0 Å². The summed E-state index contributed by atoms with van der Waals surface area (Å²) in [6.45, 7) is 6.54. The standard InChI is InChI=1S/C13H25NO2/c1-5-12(6-2)13(15)8-7-9-14(3)10-11-16-4/h7-8,12H,5-6,9-11H2,1-4H3/b8-7+. The van der Waals surface area contributed by atoms with E-state index in [-0.39, 0.29) is 11.7 Å². The van der Waals surface area contributed by atoms with Gasteiger partial charge in [0, 0.05) is 26.1 Å². The number of hydrogen-bond donors (Lipinski definition) is 0. The Bertz CT molecular complexity index is 210. The molecule has 94 valence electrons. The first kappa shape index (κ1) is 15.3. The molecule has 3 heteroatoms. The third-order valence-corrected chi connectivity index (χ3v) is 2.76. The predicted octanol–water partition coefficient (Wildman–Crippen LogP) is 2.13. The van der Waals surface area contributed by atoms with Gasteiger partial charge in [-0.25, -0.2) is 0 Å². The van der Waals surface area contributed by atoms with Gasteiger partial charge in [-0.1, -0.05) is 19.9 Å². The molecule has 16 heavy (non-hydrogen) atoms. The molecular weight excluding hydrogens is 202 g/mol. The van der Waals surface area contributed by atoms with Gasteiger partial charge in [0.15, 0.2) is 5.78 Å². The third-order valence-electron chi connectivity index (χ3n) is 2.76. The summed E-state index contributed by atoms with van der Waals surface area (Å²) < 4.78 is 4.98. The molecule has 0 saturated heterocycles. The molecule has 0 atom stereocenters. The van der Waals surface area contributed by atoms with Crippen molar-refractivity contribution in [3.05, 3.63) is 12.2 Å². The smallest absolute Gasteiger partial charge is 0.158 e. The Morgan fingerprint density at radius 2 is 2.00 bits per heavy atom. The molecule has 0 spiro atoms. The van der Waals surface area contributed by atoms with Crippen molar-refractivity contribution in [2.75, 3.05) is 33.9 Å². The van der Waals surface area contributed by atoms with Crippen LogP contribution in [-0.2, 0) is 9.53 Å². The molecule has 0 radical (unpaired) electrons. The highest BCUT2D eigenvalue weighted by Gasteiger charge is 2.10. The van der Waals surface area contributed by atoms with Gasteiger partial charge in [-0.05, 0) is 26.0 Å². The average molecular weight is 227 g/mol. The molecule has 0 bridgehead atoms. The first-order valence-electron chi connectivity index (χ1n) is 6.03. The summed E-state index contributed by atoms with van der Waals surface area (Å²) in [5.41, 5.74) is 0. The van der Waals surface area contributed by atoms with Crippen molar-refractivity contribution in [1.82, 2.24) is 4.90 Å². The van der Waals surface area contributed by atoms with E-state index in [9.17, 15) is 4.79 Å². The second kappa shape index (κ2) is 9.55. The lowest BCUT2D eigenvalue weighted by atomic mass is 9.98. The Labute approximate surface area is 99.5 Å². The van der Waals surface area contributed by atoms with Gasteiger partial charge in [-0.15, -0.1) is 0 Å². The van der Waals surface area contributed by atoms with Crippen molar-refractivity contribution in [2.24, 2.45) is 5.92 Å². The molecule has 0 amide bonds. The molecule has 0 N–H and O–H groups in total. The minimum atomic E-state index is 0.195. The van der Waals surface area contributed by atoms with Gasteiger partial charge in [-0.2, -0.15) is 0 Å². The summed E-state index contributed by atoms with van der Waals surface area (Å²) in [5.74, 6) is 0.450. The first-order chi connectivity index (χ1) is 7.65. The number of ketones is 1. The molecule has 0 aliphatic heterocycles. The lowest BCUT2D eigenvalue weighted by molar-refractivity contribution is -0.118. The Morgan fingerprint density at radius 1 is 1.38 bits per heavy atom. The van der Waals surface area contributed by atoms with Gasteiger partial charge in [0.2, 0.25) is 0 Å². The number of rotatable bonds is 9. The van der Waals surface area contributed by atoms with Crippen LogP contribution in [0.1, 0.15) is 26.7 Å². The van der Waals surface area contributed by atoms with Crippen LogP contribution >= 0.6 is 0 Å². The molecule has 0 fully saturated rings. The van der Waals surface area contributed by atoms with E-state index < -0.39 is 0 Å². The zero-order chi connectivity index (χ0) is 12.4. The zero-order valence-corrected chi connectivity index (χ0v) is 11.0. The molecule has 0 aliphatic rings. The van der Waals surface area contributed by atoms with Gasteiger partial charge in [0.05, 0.1) is 6.61 Å². The number of likely N-dealkylation sites (N-methyl/N-ethyl adjacent to an activating group) is 1. The molecule has 0 rings (SSSR count). The fraction of sp³-hybridized carbons (Fsp3) is 0.769. The summed E-state index contributed by atoms with van der Waals surface area (Å²) >= 11 is 0. The van der Waals surface area contributed by atoms with Crippen molar-refractivity contribution in [3.8, 4) is 0 Å². The Balaban J connectivity index is 3.86. The van der Waals surface area contributed by atoms with E-state index in [0.717, 1.165) is 32.5 Å². The van der Waals surface area contributed by atoms with Crippen LogP contribution in [0, 0.1) is 5.92 Å². The van der Waals surface area contributed by atoms with E-state index in [1.54, 1.807) is 13.2 Å². The Hall–Kier alpha value is -0.670. The number of carbonyl (C=O) groups excluding carboxylic acids is 1. The molecule has 3 nitrogen and oxygen atoms in total. The van der Waals surface area contributed by atoms with Gasteiger partial charge in [-0.3, -0.25) is 4.79 Å². The molecule has 0 aromatic rings. The Kier molecular flexibility index (Phi) is 9.15. The second-order valence-electron chi connectivity index (χ2n) is 4.07. The highest BCUT2D eigenvalue weighted by molar-refractivity contribution is 5.91. The predicted molar refractivity (Wildman–Crippen MR) is 67.6 cm³/mol. The van der Waals surface area contributed by atoms with E-state index in [1.807, 2.05) is 13.1 Å². The fourth-order valence-corrected chi connectivity index (χ4v) is 1.51. The Morgan fingerprint density at radius 3 is 2.50 bits per heavy atom. The van der Waals surface area contributed by atoms with E-state index >= 15 is 0 Å². The summed E-state index contributed by atoms with van der Waals surface area (Å²) in [6.07, 6.45) is 5.52. The topological polar surface area (TPSA) is 29.5 Å². The van der Waals surface area contributed by atoms with Gasteiger partial charge < -0.3 is 9.64 Å². The second-order valence-corrected chi connectivity index (χ2v) is 4.07. The molecule has 0 aromatic carbocycles. The van der Waals surface area contributed by atoms with E-state index in [1.165, 1.54) is 0 Å². The number of allylic oxidation sites excluding steroid dienone is 1. The SMILES string of the molecule is CCC(CC)C(=O)/C=C/CN(C)CCOC. The van der Waals surface area contributed by atoms with Gasteiger partial charge in [0.1, 0.15) is 0 Å². The average Bonchev–Trinajstić information content (AvgIpc) is 2.28. The minimum absolute atomic E-state index is 0.195. The highest BCUT2D eigenvalue weighted by atomic mass is 16.5. The lowest BCUT2D eigenvalue weighted by Gasteiger charge is -2.13. The quantitative estimate of drug-likeness (QED) is 0.565. The molecule has 0 unspecified atom stereocenters. The summed E-state index contributed by atoms with van der Waals surface area (Å²) in [6, 6.07) is 0. The van der Waals surface area contributed by atoms with Crippen molar-refractivity contribution < 1.29 is 9.53 Å². The summed E-state index contributed by atoms with van der Waals surface area (Å²) in [7, 11) is 3.71. The van der Waals surface area contributed by atoms with Gasteiger partial charge >= 0.3 is 0 Å². The summed E-state index contributed by atoms with van der Waals surface area (Å²) in [4.78, 5) is 13.8. The largest absolute Gasteiger partial charge is 0.383 e. The van der Waals surface area contributed by atoms with Crippen LogP contribution in [0.4, 0.5) is 0 Å². The zero-order valence-electron chi connectivity index (χ0n) is 11.0. The molecule has 0 aliphatic carbocycles. The molecule has 0 heterocycles. The van der Waals surface area contributed by atoms with Crippen LogP contribution in [0.15, 0.2) is 12.2 Å². The van der Waals surface area contributed by atoms with Crippen LogP contribution in [0.5, 0.6) is 0 Å². The van der Waals surface area contributed by atoms with E-state index in [2.05, 4.69) is 18.7 Å². The van der Waals surface area contributed by atoms with Crippen molar-refractivity contribution in [2.45, 2.75) is 26.7 Å². The molecule has 0 aromatic heterocycles. The maximum absolute atomic E-state index is 11.7. The number of ether oxygens (including phenoxy) is 1. The molecular formula is C13H25NO2. The van der Waals surface area contributed by atoms with Crippen LogP contribution in [0.25, 0.3) is 0 Å². The number of nitrogens with zero attached hydrogens (tertiary/aromatic N) is 1. The maximum atomic E-state index is 11.7. The van der Waals surface area contributed by atoms with Crippen LogP contribution in [0.3, 0.4) is 0 Å². The van der Waals surface area contributed by atoms with Crippen molar-refractivity contribution in [3.63, 3.8) is 0 Å². The normalized spacial score (nSPS) is 11.9. The minimum Gasteiger partial charge on any atom is -0.383 e. The first-order valence-corrected chi connectivity index (χ1v) is 6.03. The number of methoxy groups -OCH3 is 1. The van der Waals surface area contributed by atoms with Crippen molar-refractivity contribution >= 4 is 5.78 Å². The van der Waals surface area contributed by atoms with Crippen LogP contribution in [-0.4, -0.2) is 44.5 Å². The van der Waals surface area contributed by atoms with Gasteiger partial charge in [0.25, 0.3) is 0 Å². The monoisotopic (exact) mass is 227 g/mol. The highest BCUT2D eigenvalue weighted by Crippen LogP contribution is 2.09. The number of hydrogen-bond acceptors (Lipinski definition) is 3. The van der Waals surface area contributed by atoms with E-state index in [4.69, 9.17) is 4.74 Å². The summed E-state index contributed by atoms with van der Waals surface area (Å²) in [5, 5.41) is 0. The third kappa shape index (κ3) is 6.75. The lowest BCUT2D eigenvalue weighted by Crippen LogP contribution is -2.23.